The van der Waals surface area contributed by atoms with Crippen LogP contribution in [0.1, 0.15) is 33.1 Å². The summed E-state index contributed by atoms with van der Waals surface area (Å²) in [5.74, 6) is -1.48. The van der Waals surface area contributed by atoms with E-state index in [9.17, 15) is 9.59 Å². The van der Waals surface area contributed by atoms with Crippen LogP contribution in [-0.4, -0.2) is 53.2 Å². The minimum absolute atomic E-state index is 0.188. The van der Waals surface area contributed by atoms with Gasteiger partial charge in [0.15, 0.2) is 0 Å². The summed E-state index contributed by atoms with van der Waals surface area (Å²) in [7, 11) is 0. The minimum atomic E-state index is -0.895. The number of aliphatic carboxylic acids is 1. The van der Waals surface area contributed by atoms with Crippen molar-refractivity contribution in [3.63, 3.8) is 0 Å². The van der Waals surface area contributed by atoms with Gasteiger partial charge >= 0.3 is 12.0 Å². The molecule has 0 aromatic heterocycles. The van der Waals surface area contributed by atoms with Crippen molar-refractivity contribution in [2.75, 3.05) is 13.1 Å². The first-order chi connectivity index (χ1) is 8.97. The van der Waals surface area contributed by atoms with E-state index in [1.54, 1.807) is 13.8 Å². The Morgan fingerprint density at radius 1 is 1.26 bits per heavy atom. The van der Waals surface area contributed by atoms with Crippen LogP contribution in [0.4, 0.5) is 4.79 Å². The highest BCUT2D eigenvalue weighted by Gasteiger charge is 2.35. The molecule has 0 bridgehead atoms. The fourth-order valence-electron chi connectivity index (χ4n) is 2.45. The molecule has 0 aromatic rings. The van der Waals surface area contributed by atoms with Gasteiger partial charge in [0.2, 0.25) is 0 Å². The van der Waals surface area contributed by atoms with E-state index in [2.05, 4.69) is 15.5 Å². The van der Waals surface area contributed by atoms with Gasteiger partial charge in [-0.05, 0) is 33.1 Å². The lowest BCUT2D eigenvalue weighted by atomic mass is 10.0. The highest BCUT2D eigenvalue weighted by atomic mass is 16.4. The summed E-state index contributed by atoms with van der Waals surface area (Å²) >= 11 is 0. The first-order valence-electron chi connectivity index (χ1n) is 7.01. The van der Waals surface area contributed by atoms with E-state index in [1.165, 1.54) is 12.8 Å². The molecule has 19 heavy (non-hydrogen) atoms. The highest BCUT2D eigenvalue weighted by Crippen LogP contribution is 2.29. The number of nitrogens with one attached hydrogen (secondary N) is 2. The van der Waals surface area contributed by atoms with Crippen LogP contribution in [-0.2, 0) is 4.79 Å². The van der Waals surface area contributed by atoms with E-state index < -0.39 is 11.9 Å². The Hall–Kier alpha value is -1.30. The zero-order valence-electron chi connectivity index (χ0n) is 11.6. The van der Waals surface area contributed by atoms with Crippen molar-refractivity contribution >= 4 is 12.0 Å². The first-order valence-corrected chi connectivity index (χ1v) is 7.01. The summed E-state index contributed by atoms with van der Waals surface area (Å²) in [4.78, 5) is 25.0. The molecule has 2 amide bonds. The Bertz CT molecular complexity index is 357. The van der Waals surface area contributed by atoms with E-state index in [4.69, 9.17) is 5.11 Å². The van der Waals surface area contributed by atoms with Crippen molar-refractivity contribution in [2.24, 2.45) is 5.92 Å². The monoisotopic (exact) mass is 269 g/mol. The van der Waals surface area contributed by atoms with Gasteiger partial charge in [0.1, 0.15) is 0 Å². The van der Waals surface area contributed by atoms with Gasteiger partial charge < -0.3 is 15.7 Å². The van der Waals surface area contributed by atoms with E-state index in [0.29, 0.717) is 0 Å². The topological polar surface area (TPSA) is 81.7 Å². The van der Waals surface area contributed by atoms with Gasteiger partial charge in [-0.1, -0.05) is 0 Å². The molecule has 1 aliphatic heterocycles. The third kappa shape index (κ3) is 3.83. The number of likely N-dealkylation sites (tertiary alicyclic amines) is 1. The number of carbonyl (C=O) groups is 2. The Morgan fingerprint density at radius 2 is 1.95 bits per heavy atom. The number of nitrogens with zero attached hydrogens (tertiary/aromatic N) is 1. The molecule has 2 rings (SSSR count). The molecular weight excluding hydrogens is 246 g/mol. The number of rotatable bonds is 5. The largest absolute Gasteiger partial charge is 0.481 e. The van der Waals surface area contributed by atoms with Crippen molar-refractivity contribution in [1.29, 1.82) is 0 Å². The highest BCUT2D eigenvalue weighted by molar-refractivity contribution is 5.76. The summed E-state index contributed by atoms with van der Waals surface area (Å²) < 4.78 is 0. The van der Waals surface area contributed by atoms with E-state index in [1.807, 2.05) is 0 Å². The summed E-state index contributed by atoms with van der Waals surface area (Å²) in [5.41, 5.74) is 0. The van der Waals surface area contributed by atoms with Gasteiger partial charge in [0, 0.05) is 31.2 Å². The number of hydrogen-bond acceptors (Lipinski definition) is 3. The number of amides is 2. The SMILES string of the molecule is CC(NC(=O)NC1CCN(C2CC2)C1)C(C)C(=O)O. The predicted molar refractivity (Wildman–Crippen MR) is 70.9 cm³/mol. The second-order valence-corrected chi connectivity index (χ2v) is 5.75. The van der Waals surface area contributed by atoms with Gasteiger partial charge in [-0.25, -0.2) is 4.79 Å². The number of carboxylic acid groups (broad SMARTS) is 1. The van der Waals surface area contributed by atoms with Crippen LogP contribution in [0, 0.1) is 5.92 Å². The molecule has 2 aliphatic rings. The molecule has 3 atom stereocenters. The molecule has 6 nitrogen and oxygen atoms in total. The van der Waals surface area contributed by atoms with Crippen molar-refractivity contribution < 1.29 is 14.7 Å². The third-order valence-corrected chi connectivity index (χ3v) is 4.12. The molecule has 0 aromatic carbocycles. The van der Waals surface area contributed by atoms with Gasteiger partial charge in [-0.15, -0.1) is 0 Å². The molecule has 6 heteroatoms. The molecule has 3 unspecified atom stereocenters. The summed E-state index contributed by atoms with van der Waals surface area (Å²) in [6.07, 6.45) is 3.55. The van der Waals surface area contributed by atoms with Crippen molar-refractivity contribution in [1.82, 2.24) is 15.5 Å². The molecule has 0 spiro atoms. The van der Waals surface area contributed by atoms with Gasteiger partial charge in [-0.3, -0.25) is 9.69 Å². The van der Waals surface area contributed by atoms with Gasteiger partial charge in [0.05, 0.1) is 5.92 Å². The van der Waals surface area contributed by atoms with Crippen molar-refractivity contribution in [2.45, 2.75) is 51.2 Å². The third-order valence-electron chi connectivity index (χ3n) is 4.12. The van der Waals surface area contributed by atoms with Crippen LogP contribution in [0.3, 0.4) is 0 Å². The van der Waals surface area contributed by atoms with Crippen LogP contribution in [0.25, 0.3) is 0 Å². The van der Waals surface area contributed by atoms with Crippen LogP contribution >= 0.6 is 0 Å². The maximum absolute atomic E-state index is 11.8. The molecule has 0 radical (unpaired) electrons. The fourth-order valence-corrected chi connectivity index (χ4v) is 2.45. The molecular formula is C13H23N3O3. The van der Waals surface area contributed by atoms with Crippen LogP contribution < -0.4 is 10.6 Å². The van der Waals surface area contributed by atoms with Crippen molar-refractivity contribution in [3.05, 3.63) is 0 Å². The lowest BCUT2D eigenvalue weighted by Gasteiger charge is -2.20. The quantitative estimate of drug-likeness (QED) is 0.684. The first kappa shape index (κ1) is 14.1. The fraction of sp³-hybridized carbons (Fsp3) is 0.846. The van der Waals surface area contributed by atoms with Gasteiger partial charge in [0.25, 0.3) is 0 Å². The standard InChI is InChI=1S/C13H23N3O3/c1-8(12(17)18)9(2)14-13(19)15-10-5-6-16(7-10)11-3-4-11/h8-11H,3-7H2,1-2H3,(H,17,18)(H2,14,15,19). The number of hydrogen-bond donors (Lipinski definition) is 3. The lowest BCUT2D eigenvalue weighted by Crippen LogP contribution is -2.49. The van der Waals surface area contributed by atoms with Crippen LogP contribution in [0.5, 0.6) is 0 Å². The van der Waals surface area contributed by atoms with E-state index in [-0.39, 0.29) is 18.1 Å². The zero-order valence-corrected chi connectivity index (χ0v) is 11.6. The lowest BCUT2D eigenvalue weighted by molar-refractivity contribution is -0.141. The maximum Gasteiger partial charge on any atom is 0.315 e. The average Bonchev–Trinajstić information content (AvgIpc) is 3.09. The zero-order chi connectivity index (χ0) is 14.0. The van der Waals surface area contributed by atoms with Gasteiger partial charge in [-0.2, -0.15) is 0 Å². The molecule has 2 fully saturated rings. The normalized spacial score (nSPS) is 26.7. The summed E-state index contributed by atoms with van der Waals surface area (Å²) in [6.45, 7) is 5.28. The Labute approximate surface area is 113 Å². The molecule has 3 N–H and O–H groups in total. The maximum atomic E-state index is 11.8. The second kappa shape index (κ2) is 5.77. The van der Waals surface area contributed by atoms with Crippen LogP contribution in [0.2, 0.25) is 0 Å². The second-order valence-electron chi connectivity index (χ2n) is 5.75. The van der Waals surface area contributed by atoms with Crippen LogP contribution in [0.15, 0.2) is 0 Å². The number of carboxylic acids is 1. The number of carbonyl (C=O) groups excluding carboxylic acids is 1. The summed E-state index contributed by atoms with van der Waals surface area (Å²) in [6, 6.07) is 0.287. The smallest absolute Gasteiger partial charge is 0.315 e. The molecule has 1 heterocycles. The predicted octanol–water partition coefficient (Wildman–Crippen LogP) is 0.631. The average molecular weight is 269 g/mol. The Morgan fingerprint density at radius 3 is 2.53 bits per heavy atom. The molecule has 1 aliphatic carbocycles. The number of urea groups is 1. The molecule has 1 saturated heterocycles. The molecule has 108 valence electrons. The molecule has 1 saturated carbocycles. The summed E-state index contributed by atoms with van der Waals surface area (Å²) in [5, 5.41) is 14.5. The Balaban J connectivity index is 1.70. The van der Waals surface area contributed by atoms with E-state index in [0.717, 1.165) is 25.6 Å². The van der Waals surface area contributed by atoms with Crippen molar-refractivity contribution in [3.8, 4) is 0 Å². The minimum Gasteiger partial charge on any atom is -0.481 e. The Kier molecular flexibility index (Phi) is 4.29. The van der Waals surface area contributed by atoms with E-state index >= 15 is 0 Å².